The third kappa shape index (κ3) is 2.86. The maximum atomic E-state index is 4.27. The fourth-order valence-electron chi connectivity index (χ4n) is 3.28. The first-order chi connectivity index (χ1) is 9.90. The van der Waals surface area contributed by atoms with E-state index in [-0.39, 0.29) is 0 Å². The van der Waals surface area contributed by atoms with Gasteiger partial charge < -0.3 is 5.32 Å². The Bertz CT molecular complexity index is 444. The van der Waals surface area contributed by atoms with Crippen LogP contribution in [0.3, 0.4) is 0 Å². The molecule has 0 bridgehead atoms. The van der Waals surface area contributed by atoms with Crippen LogP contribution in [0.4, 0.5) is 0 Å². The van der Waals surface area contributed by atoms with Gasteiger partial charge in [0.1, 0.15) is 0 Å². The van der Waals surface area contributed by atoms with Crippen molar-refractivity contribution in [1.29, 1.82) is 0 Å². The largest absolute Gasteiger partial charge is 0.317 e. The van der Waals surface area contributed by atoms with Crippen LogP contribution in [-0.2, 0) is 6.54 Å². The third-order valence-corrected chi connectivity index (χ3v) is 4.81. The lowest BCUT2D eigenvalue weighted by Gasteiger charge is -2.29. The van der Waals surface area contributed by atoms with E-state index in [1.54, 1.807) is 0 Å². The molecule has 110 valence electrons. The fraction of sp³-hybridized carbons (Fsp3) is 0.929. The van der Waals surface area contributed by atoms with E-state index >= 15 is 0 Å². The van der Waals surface area contributed by atoms with E-state index in [0.29, 0.717) is 6.04 Å². The Morgan fingerprint density at radius 1 is 1.10 bits per heavy atom. The molecule has 1 aromatic heterocycles. The Labute approximate surface area is 119 Å². The summed E-state index contributed by atoms with van der Waals surface area (Å²) in [5.74, 6) is 1.93. The van der Waals surface area contributed by atoms with E-state index in [9.17, 15) is 0 Å². The number of hydrogen-bond donors (Lipinski definition) is 1. The normalized spacial score (nSPS) is 24.4. The molecule has 2 saturated carbocycles. The smallest absolute Gasteiger partial charge is 0.165 e. The van der Waals surface area contributed by atoms with Crippen molar-refractivity contribution >= 4 is 0 Å². The van der Waals surface area contributed by atoms with Crippen LogP contribution in [0.1, 0.15) is 50.4 Å². The highest BCUT2D eigenvalue weighted by molar-refractivity contribution is 4.94. The van der Waals surface area contributed by atoms with Crippen LogP contribution in [0.5, 0.6) is 0 Å². The van der Waals surface area contributed by atoms with E-state index in [1.807, 2.05) is 0 Å². The van der Waals surface area contributed by atoms with Gasteiger partial charge in [0.05, 0.1) is 12.6 Å². The number of nitrogens with one attached hydrogen (secondary N) is 1. The fourth-order valence-corrected chi connectivity index (χ4v) is 3.28. The van der Waals surface area contributed by atoms with Crippen LogP contribution in [0.2, 0.25) is 0 Å². The molecule has 1 aromatic rings. The predicted molar refractivity (Wildman–Crippen MR) is 75.1 cm³/mol. The lowest BCUT2D eigenvalue weighted by Crippen LogP contribution is -2.37. The van der Waals surface area contributed by atoms with Crippen LogP contribution in [0.15, 0.2) is 0 Å². The van der Waals surface area contributed by atoms with E-state index in [4.69, 9.17) is 0 Å². The summed E-state index contributed by atoms with van der Waals surface area (Å²) in [5.41, 5.74) is 0. The molecular formula is C14H24N6. The molecule has 2 aliphatic carbocycles. The highest BCUT2D eigenvalue weighted by atomic mass is 15.6. The van der Waals surface area contributed by atoms with Crippen molar-refractivity contribution in [1.82, 2.24) is 30.4 Å². The minimum absolute atomic E-state index is 0.583. The SMILES string of the molecule is C1CC(CN(Cc2nnnn2C2CC2)C2CC2)CCN1. The van der Waals surface area contributed by atoms with Crippen molar-refractivity contribution in [3.05, 3.63) is 5.82 Å². The molecule has 0 unspecified atom stereocenters. The first kappa shape index (κ1) is 12.7. The second-order valence-corrected chi connectivity index (χ2v) is 6.62. The number of rotatable bonds is 6. The number of piperidine rings is 1. The molecule has 20 heavy (non-hydrogen) atoms. The van der Waals surface area contributed by atoms with Crippen LogP contribution >= 0.6 is 0 Å². The molecular weight excluding hydrogens is 252 g/mol. The second-order valence-electron chi connectivity index (χ2n) is 6.62. The average molecular weight is 276 g/mol. The first-order valence-corrected chi connectivity index (χ1v) is 8.11. The average Bonchev–Trinajstić information content (AvgIpc) is 3.39. The van der Waals surface area contributed by atoms with Crippen molar-refractivity contribution in [2.45, 2.75) is 57.2 Å². The minimum atomic E-state index is 0.583. The summed E-state index contributed by atoms with van der Waals surface area (Å²) in [5, 5.41) is 15.8. The molecule has 0 atom stereocenters. The zero-order valence-corrected chi connectivity index (χ0v) is 12.0. The van der Waals surface area contributed by atoms with Gasteiger partial charge in [-0.2, -0.15) is 0 Å². The van der Waals surface area contributed by atoms with Gasteiger partial charge in [0.15, 0.2) is 5.82 Å². The number of hydrogen-bond acceptors (Lipinski definition) is 5. The second kappa shape index (κ2) is 5.41. The molecule has 0 radical (unpaired) electrons. The van der Waals surface area contributed by atoms with E-state index in [2.05, 4.69) is 30.4 Å². The van der Waals surface area contributed by atoms with Gasteiger partial charge in [-0.15, -0.1) is 5.10 Å². The molecule has 3 fully saturated rings. The topological polar surface area (TPSA) is 58.9 Å². The Kier molecular flexibility index (Phi) is 3.44. The van der Waals surface area contributed by atoms with E-state index in [0.717, 1.165) is 24.3 Å². The van der Waals surface area contributed by atoms with Gasteiger partial charge in [-0.05, 0) is 68.0 Å². The van der Waals surface area contributed by atoms with Crippen molar-refractivity contribution in [2.75, 3.05) is 19.6 Å². The maximum Gasteiger partial charge on any atom is 0.165 e. The summed E-state index contributed by atoms with van der Waals surface area (Å²) in [6, 6.07) is 1.37. The Morgan fingerprint density at radius 2 is 1.90 bits per heavy atom. The lowest BCUT2D eigenvalue weighted by molar-refractivity contribution is 0.183. The van der Waals surface area contributed by atoms with Gasteiger partial charge in [0.2, 0.25) is 0 Å². The molecule has 1 aliphatic heterocycles. The first-order valence-electron chi connectivity index (χ1n) is 8.11. The molecule has 0 amide bonds. The van der Waals surface area contributed by atoms with Gasteiger partial charge in [-0.3, -0.25) is 4.90 Å². The highest BCUT2D eigenvalue weighted by Crippen LogP contribution is 2.35. The van der Waals surface area contributed by atoms with E-state index in [1.165, 1.54) is 58.2 Å². The van der Waals surface area contributed by atoms with Crippen molar-refractivity contribution in [2.24, 2.45) is 5.92 Å². The quantitative estimate of drug-likeness (QED) is 0.839. The molecule has 6 nitrogen and oxygen atoms in total. The predicted octanol–water partition coefficient (Wildman–Crippen LogP) is 0.972. The summed E-state index contributed by atoms with van der Waals surface area (Å²) >= 11 is 0. The van der Waals surface area contributed by atoms with Crippen molar-refractivity contribution < 1.29 is 0 Å². The van der Waals surface area contributed by atoms with Gasteiger partial charge in [-0.25, -0.2) is 4.68 Å². The van der Waals surface area contributed by atoms with Crippen LogP contribution in [0, 0.1) is 5.92 Å². The molecule has 2 heterocycles. The molecule has 0 spiro atoms. The molecule has 1 saturated heterocycles. The standard InChI is InChI=1S/C14H24N6/c1-2-12(1)19(9-11-5-7-15-8-6-11)10-14-16-17-18-20(14)13-3-4-13/h11-13,15H,1-10H2. The number of nitrogens with zero attached hydrogens (tertiary/aromatic N) is 5. The highest BCUT2D eigenvalue weighted by Gasteiger charge is 2.34. The van der Waals surface area contributed by atoms with Crippen LogP contribution in [0.25, 0.3) is 0 Å². The molecule has 1 N–H and O–H groups in total. The van der Waals surface area contributed by atoms with Gasteiger partial charge in [0.25, 0.3) is 0 Å². The number of aromatic nitrogens is 4. The van der Waals surface area contributed by atoms with Crippen LogP contribution < -0.4 is 5.32 Å². The zero-order valence-electron chi connectivity index (χ0n) is 12.0. The van der Waals surface area contributed by atoms with Gasteiger partial charge in [-0.1, -0.05) is 0 Å². The monoisotopic (exact) mass is 276 g/mol. The summed E-state index contributed by atoms with van der Waals surface area (Å²) in [4.78, 5) is 2.64. The zero-order chi connectivity index (χ0) is 13.4. The summed E-state index contributed by atoms with van der Waals surface area (Å²) in [6.45, 7) is 4.54. The summed E-state index contributed by atoms with van der Waals surface area (Å²) in [6.07, 6.45) is 7.84. The van der Waals surface area contributed by atoms with Crippen molar-refractivity contribution in [3.8, 4) is 0 Å². The van der Waals surface area contributed by atoms with Gasteiger partial charge in [0, 0.05) is 12.6 Å². The number of tetrazole rings is 1. The lowest BCUT2D eigenvalue weighted by atomic mass is 9.97. The Morgan fingerprint density at radius 3 is 2.60 bits per heavy atom. The summed E-state index contributed by atoms with van der Waals surface area (Å²) < 4.78 is 2.07. The van der Waals surface area contributed by atoms with Crippen molar-refractivity contribution in [3.63, 3.8) is 0 Å². The molecule has 6 heteroatoms. The summed E-state index contributed by atoms with van der Waals surface area (Å²) in [7, 11) is 0. The van der Waals surface area contributed by atoms with Gasteiger partial charge >= 0.3 is 0 Å². The minimum Gasteiger partial charge on any atom is -0.317 e. The third-order valence-electron chi connectivity index (χ3n) is 4.81. The Balaban J connectivity index is 1.41. The Hall–Kier alpha value is -1.01. The maximum absolute atomic E-state index is 4.27. The van der Waals surface area contributed by atoms with E-state index < -0.39 is 0 Å². The molecule has 3 aliphatic rings. The van der Waals surface area contributed by atoms with Crippen LogP contribution in [-0.4, -0.2) is 50.8 Å². The molecule has 4 rings (SSSR count). The molecule has 0 aromatic carbocycles.